The number of phenolic OH excluding ortho intramolecular Hbond substituents is 1. The quantitative estimate of drug-likeness (QED) is 0.785. The molecular weight excluding hydrogens is 190 g/mol. The summed E-state index contributed by atoms with van der Waals surface area (Å²) in [6.45, 7) is 7.67. The van der Waals surface area contributed by atoms with Gasteiger partial charge in [-0.1, -0.05) is 0 Å². The van der Waals surface area contributed by atoms with Crippen LogP contribution in [-0.4, -0.2) is 12.2 Å². The van der Waals surface area contributed by atoms with Crippen LogP contribution in [0.15, 0.2) is 6.07 Å². The van der Waals surface area contributed by atoms with Crippen molar-refractivity contribution in [2.75, 3.05) is 7.11 Å². The van der Waals surface area contributed by atoms with Gasteiger partial charge in [-0.3, -0.25) is 0 Å². The Labute approximate surface area is 90.9 Å². The van der Waals surface area contributed by atoms with Crippen molar-refractivity contribution in [2.45, 2.75) is 33.2 Å². The van der Waals surface area contributed by atoms with Crippen LogP contribution in [0, 0.1) is 13.8 Å². The van der Waals surface area contributed by atoms with Gasteiger partial charge in [0.15, 0.2) is 11.5 Å². The summed E-state index contributed by atoms with van der Waals surface area (Å²) in [6.07, 6.45) is 0. The van der Waals surface area contributed by atoms with E-state index in [-0.39, 0.29) is 5.75 Å². The van der Waals surface area contributed by atoms with Gasteiger partial charge in [-0.05, 0) is 44.9 Å². The molecule has 1 aromatic rings. The third-order valence-electron chi connectivity index (χ3n) is 2.65. The predicted molar refractivity (Wildman–Crippen MR) is 61.3 cm³/mol. The first-order valence-electron chi connectivity index (χ1n) is 4.95. The third kappa shape index (κ3) is 2.07. The van der Waals surface area contributed by atoms with Crippen molar-refractivity contribution in [3.05, 3.63) is 22.8 Å². The zero-order chi connectivity index (χ0) is 11.8. The Hall–Kier alpha value is -1.22. The highest BCUT2D eigenvalue weighted by atomic mass is 16.5. The Balaban J connectivity index is 3.55. The van der Waals surface area contributed by atoms with Gasteiger partial charge >= 0.3 is 0 Å². The molecule has 0 aromatic heterocycles. The van der Waals surface area contributed by atoms with Gasteiger partial charge in [0, 0.05) is 11.1 Å². The number of ether oxygens (including phenoxy) is 1. The van der Waals surface area contributed by atoms with Crippen molar-refractivity contribution in [3.63, 3.8) is 0 Å². The Bertz CT molecular complexity index is 378. The van der Waals surface area contributed by atoms with Gasteiger partial charge in [-0.25, -0.2) is 0 Å². The summed E-state index contributed by atoms with van der Waals surface area (Å²) >= 11 is 0. The van der Waals surface area contributed by atoms with Crippen LogP contribution < -0.4 is 10.5 Å². The smallest absolute Gasteiger partial charge is 0.163 e. The van der Waals surface area contributed by atoms with Gasteiger partial charge in [0.05, 0.1) is 7.11 Å². The lowest BCUT2D eigenvalue weighted by Gasteiger charge is -2.25. The van der Waals surface area contributed by atoms with Gasteiger partial charge in [0.1, 0.15) is 0 Å². The molecule has 3 nitrogen and oxygen atoms in total. The van der Waals surface area contributed by atoms with E-state index in [2.05, 4.69) is 0 Å². The molecular formula is C12H19NO2. The number of methoxy groups -OCH3 is 1. The molecule has 0 aliphatic rings. The molecule has 0 saturated heterocycles. The maximum absolute atomic E-state index is 10.0. The molecule has 1 rings (SSSR count). The average molecular weight is 209 g/mol. The standard InChI is InChI=1S/C12H19NO2/c1-7-6-9(15-5)11(14)10(8(7)2)12(3,4)13/h6,14H,13H2,1-5H3. The topological polar surface area (TPSA) is 55.5 Å². The number of benzene rings is 1. The number of aryl methyl sites for hydroxylation is 1. The molecule has 0 spiro atoms. The van der Waals surface area contributed by atoms with E-state index in [4.69, 9.17) is 10.5 Å². The molecule has 0 radical (unpaired) electrons. The molecule has 3 heteroatoms. The summed E-state index contributed by atoms with van der Waals surface area (Å²) in [4.78, 5) is 0. The molecule has 0 bridgehead atoms. The molecule has 0 fully saturated rings. The summed E-state index contributed by atoms with van der Waals surface area (Å²) in [6, 6.07) is 1.82. The van der Waals surface area contributed by atoms with Crippen LogP contribution in [0.2, 0.25) is 0 Å². The minimum absolute atomic E-state index is 0.146. The van der Waals surface area contributed by atoms with Crippen LogP contribution >= 0.6 is 0 Å². The fourth-order valence-electron chi connectivity index (χ4n) is 1.82. The molecule has 0 aliphatic heterocycles. The highest BCUT2D eigenvalue weighted by Gasteiger charge is 2.24. The largest absolute Gasteiger partial charge is 0.504 e. The summed E-state index contributed by atoms with van der Waals surface area (Å²) in [5.74, 6) is 0.625. The first-order valence-corrected chi connectivity index (χ1v) is 4.95. The number of hydrogen-bond donors (Lipinski definition) is 2. The van der Waals surface area contributed by atoms with Gasteiger partial charge in [-0.2, -0.15) is 0 Å². The first kappa shape index (κ1) is 11.9. The highest BCUT2D eigenvalue weighted by molar-refractivity contribution is 5.55. The molecule has 0 unspecified atom stereocenters. The fourth-order valence-corrected chi connectivity index (χ4v) is 1.82. The van der Waals surface area contributed by atoms with Gasteiger partial charge < -0.3 is 15.6 Å². The number of phenols is 1. The summed E-state index contributed by atoms with van der Waals surface area (Å²) in [7, 11) is 1.54. The number of nitrogens with two attached hydrogens (primary N) is 1. The van der Waals surface area contributed by atoms with Crippen molar-refractivity contribution in [2.24, 2.45) is 5.73 Å². The molecule has 84 valence electrons. The SMILES string of the molecule is COc1cc(C)c(C)c(C(C)(C)N)c1O. The van der Waals surface area contributed by atoms with Crippen molar-refractivity contribution in [1.82, 2.24) is 0 Å². The Kier molecular flexibility index (Phi) is 2.95. The number of rotatable bonds is 2. The minimum Gasteiger partial charge on any atom is -0.504 e. The van der Waals surface area contributed by atoms with Crippen LogP contribution in [0.25, 0.3) is 0 Å². The van der Waals surface area contributed by atoms with Crippen LogP contribution in [0.5, 0.6) is 11.5 Å². The van der Waals surface area contributed by atoms with Gasteiger partial charge in [0.2, 0.25) is 0 Å². The second-order valence-corrected chi connectivity index (χ2v) is 4.47. The summed E-state index contributed by atoms with van der Waals surface area (Å²) in [5.41, 5.74) is 8.29. The number of aromatic hydroxyl groups is 1. The molecule has 0 saturated carbocycles. The van der Waals surface area contributed by atoms with Crippen molar-refractivity contribution in [3.8, 4) is 11.5 Å². The van der Waals surface area contributed by atoms with E-state index in [0.717, 1.165) is 16.7 Å². The van der Waals surface area contributed by atoms with Crippen molar-refractivity contribution < 1.29 is 9.84 Å². The average Bonchev–Trinajstić information content (AvgIpc) is 2.09. The molecule has 3 N–H and O–H groups in total. The summed E-state index contributed by atoms with van der Waals surface area (Å²) < 4.78 is 5.11. The van der Waals surface area contributed by atoms with E-state index in [0.29, 0.717) is 5.75 Å². The molecule has 0 aliphatic carbocycles. The third-order valence-corrected chi connectivity index (χ3v) is 2.65. The van der Waals surface area contributed by atoms with Gasteiger partial charge in [-0.15, -0.1) is 0 Å². The lowest BCUT2D eigenvalue weighted by atomic mass is 9.88. The van der Waals surface area contributed by atoms with Crippen LogP contribution in [-0.2, 0) is 5.54 Å². The second-order valence-electron chi connectivity index (χ2n) is 4.47. The lowest BCUT2D eigenvalue weighted by molar-refractivity contribution is 0.361. The molecule has 15 heavy (non-hydrogen) atoms. The van der Waals surface area contributed by atoms with E-state index in [9.17, 15) is 5.11 Å². The van der Waals surface area contributed by atoms with E-state index < -0.39 is 5.54 Å². The van der Waals surface area contributed by atoms with E-state index in [1.807, 2.05) is 33.8 Å². The van der Waals surface area contributed by atoms with Crippen LogP contribution in [0.4, 0.5) is 0 Å². The zero-order valence-electron chi connectivity index (χ0n) is 10.0. The number of hydrogen-bond acceptors (Lipinski definition) is 3. The summed E-state index contributed by atoms with van der Waals surface area (Å²) in [5, 5.41) is 10.0. The highest BCUT2D eigenvalue weighted by Crippen LogP contribution is 2.39. The van der Waals surface area contributed by atoms with Gasteiger partial charge in [0.25, 0.3) is 0 Å². The molecule has 0 atom stereocenters. The maximum Gasteiger partial charge on any atom is 0.163 e. The second kappa shape index (κ2) is 3.74. The lowest BCUT2D eigenvalue weighted by Crippen LogP contribution is -2.30. The minimum atomic E-state index is -0.576. The van der Waals surface area contributed by atoms with Crippen molar-refractivity contribution >= 4 is 0 Å². The Morgan fingerprint density at radius 2 is 1.87 bits per heavy atom. The molecule has 0 amide bonds. The van der Waals surface area contributed by atoms with Crippen molar-refractivity contribution in [1.29, 1.82) is 0 Å². The molecule has 0 heterocycles. The predicted octanol–water partition coefficient (Wildman–Crippen LogP) is 2.21. The van der Waals surface area contributed by atoms with E-state index >= 15 is 0 Å². The zero-order valence-corrected chi connectivity index (χ0v) is 10.0. The normalized spacial score (nSPS) is 11.6. The first-order chi connectivity index (χ1) is 6.79. The molecule has 1 aromatic carbocycles. The maximum atomic E-state index is 10.0. The fraction of sp³-hybridized carbons (Fsp3) is 0.500. The van der Waals surface area contributed by atoms with Crippen LogP contribution in [0.1, 0.15) is 30.5 Å². The Morgan fingerprint density at radius 3 is 2.27 bits per heavy atom. The monoisotopic (exact) mass is 209 g/mol. The van der Waals surface area contributed by atoms with Crippen LogP contribution in [0.3, 0.4) is 0 Å². The van der Waals surface area contributed by atoms with E-state index in [1.165, 1.54) is 7.11 Å². The van der Waals surface area contributed by atoms with E-state index in [1.54, 1.807) is 0 Å². The Morgan fingerprint density at radius 1 is 1.33 bits per heavy atom.